The molecule has 2 N–H and O–H groups in total. The topological polar surface area (TPSA) is 71.8 Å². The molecule has 2 rings (SSSR count). The van der Waals surface area contributed by atoms with Crippen LogP contribution < -0.4 is 16.5 Å². The first-order chi connectivity index (χ1) is 10.2. The molecule has 6 nitrogen and oxygen atoms in total. The van der Waals surface area contributed by atoms with Gasteiger partial charge in [0.1, 0.15) is 5.82 Å². The van der Waals surface area contributed by atoms with E-state index in [1.165, 1.54) is 4.57 Å². The van der Waals surface area contributed by atoms with Crippen molar-refractivity contribution in [2.24, 2.45) is 7.05 Å². The fraction of sp³-hybridized carbons (Fsp3) is 0.400. The van der Waals surface area contributed by atoms with Crippen LogP contribution in [0.4, 0.5) is 5.95 Å². The van der Waals surface area contributed by atoms with E-state index in [0.717, 1.165) is 30.5 Å². The van der Waals surface area contributed by atoms with Gasteiger partial charge < -0.3 is 0 Å². The Hall–Kier alpha value is -2.21. The maximum absolute atomic E-state index is 12.0. The molecule has 0 radical (unpaired) electrons. The molecule has 0 aliphatic heterocycles. The molecule has 0 spiro atoms. The molecule has 0 saturated heterocycles. The van der Waals surface area contributed by atoms with E-state index in [0.29, 0.717) is 11.8 Å². The highest BCUT2D eigenvalue weighted by atomic mass is 16.1. The molecule has 0 unspecified atom stereocenters. The van der Waals surface area contributed by atoms with Crippen molar-refractivity contribution in [1.29, 1.82) is 0 Å². The summed E-state index contributed by atoms with van der Waals surface area (Å²) in [5.74, 6) is 0.917. The molecule has 6 heteroatoms. The van der Waals surface area contributed by atoms with E-state index in [2.05, 4.69) is 34.7 Å². The van der Waals surface area contributed by atoms with Gasteiger partial charge in [-0.3, -0.25) is 9.99 Å². The number of anilines is 1. The van der Waals surface area contributed by atoms with E-state index in [1.807, 2.05) is 24.3 Å². The molecule has 0 saturated carbocycles. The van der Waals surface area contributed by atoms with Crippen LogP contribution in [-0.2, 0) is 13.5 Å². The predicted octanol–water partition coefficient (Wildman–Crippen LogP) is 1.73. The second kappa shape index (κ2) is 6.99. The first-order valence-electron chi connectivity index (χ1n) is 7.19. The summed E-state index contributed by atoms with van der Waals surface area (Å²) in [6.45, 7) is 4.92. The zero-order chi connectivity index (χ0) is 15.2. The van der Waals surface area contributed by atoms with E-state index >= 15 is 0 Å². The SMILES string of the molecule is CCCNNc1nc(-c2ccccc2CC)n(C)c(=O)n1. The lowest BCUT2D eigenvalue weighted by Crippen LogP contribution is -2.29. The summed E-state index contributed by atoms with van der Waals surface area (Å²) >= 11 is 0. The van der Waals surface area contributed by atoms with E-state index in [4.69, 9.17) is 0 Å². The Kier molecular flexibility index (Phi) is 5.05. The van der Waals surface area contributed by atoms with E-state index < -0.39 is 0 Å². The minimum atomic E-state index is -0.327. The highest BCUT2D eigenvalue weighted by Crippen LogP contribution is 2.21. The van der Waals surface area contributed by atoms with Gasteiger partial charge in [-0.25, -0.2) is 10.2 Å². The molecule has 1 aromatic carbocycles. The van der Waals surface area contributed by atoms with E-state index in [-0.39, 0.29) is 5.69 Å². The fourth-order valence-corrected chi connectivity index (χ4v) is 2.07. The van der Waals surface area contributed by atoms with Crippen molar-refractivity contribution >= 4 is 5.95 Å². The number of hydrogen-bond acceptors (Lipinski definition) is 5. The van der Waals surface area contributed by atoms with Crippen molar-refractivity contribution in [3.63, 3.8) is 0 Å². The normalized spacial score (nSPS) is 10.6. The molecular weight excluding hydrogens is 266 g/mol. The summed E-state index contributed by atoms with van der Waals surface area (Å²) in [5.41, 5.74) is 7.64. The Morgan fingerprint density at radius 2 is 1.95 bits per heavy atom. The van der Waals surface area contributed by atoms with Gasteiger partial charge in [0.2, 0.25) is 5.95 Å². The minimum absolute atomic E-state index is 0.299. The number of hydrogen-bond donors (Lipinski definition) is 2. The average Bonchev–Trinajstić information content (AvgIpc) is 2.51. The summed E-state index contributed by atoms with van der Waals surface area (Å²) in [6, 6.07) is 7.96. The van der Waals surface area contributed by atoms with Gasteiger partial charge in [-0.2, -0.15) is 9.97 Å². The van der Waals surface area contributed by atoms with Crippen molar-refractivity contribution < 1.29 is 0 Å². The van der Waals surface area contributed by atoms with E-state index in [1.54, 1.807) is 7.05 Å². The third kappa shape index (κ3) is 3.46. The summed E-state index contributed by atoms with van der Waals surface area (Å²) < 4.78 is 1.47. The number of benzene rings is 1. The van der Waals surface area contributed by atoms with Crippen LogP contribution in [0, 0.1) is 0 Å². The molecule has 0 amide bonds. The molecule has 1 heterocycles. The fourth-order valence-electron chi connectivity index (χ4n) is 2.07. The molecule has 21 heavy (non-hydrogen) atoms. The Bertz CT molecular complexity index is 665. The van der Waals surface area contributed by atoms with Crippen LogP contribution in [-0.4, -0.2) is 21.1 Å². The standard InChI is InChI=1S/C15H21N5O/c1-4-10-16-19-14-17-13(20(3)15(21)18-14)12-9-7-6-8-11(12)5-2/h6-9,16H,4-5,10H2,1-3H3,(H,18,19,21). The summed E-state index contributed by atoms with van der Waals surface area (Å²) in [5, 5.41) is 0. The Morgan fingerprint density at radius 1 is 1.19 bits per heavy atom. The van der Waals surface area contributed by atoms with Crippen LogP contribution in [0.1, 0.15) is 25.8 Å². The highest BCUT2D eigenvalue weighted by molar-refractivity contribution is 5.61. The predicted molar refractivity (Wildman–Crippen MR) is 84.0 cm³/mol. The molecule has 0 aliphatic carbocycles. The number of aromatic nitrogens is 3. The first kappa shape index (κ1) is 15.2. The number of nitrogens with zero attached hydrogens (tertiary/aromatic N) is 3. The van der Waals surface area contributed by atoms with Gasteiger partial charge >= 0.3 is 5.69 Å². The quantitative estimate of drug-likeness (QED) is 0.625. The lowest BCUT2D eigenvalue weighted by Gasteiger charge is -2.12. The largest absolute Gasteiger partial charge is 0.352 e. The van der Waals surface area contributed by atoms with Crippen LogP contribution in [0.15, 0.2) is 29.1 Å². The van der Waals surface area contributed by atoms with Gasteiger partial charge in [0.15, 0.2) is 0 Å². The zero-order valence-electron chi connectivity index (χ0n) is 12.7. The van der Waals surface area contributed by atoms with Crippen LogP contribution in [0.25, 0.3) is 11.4 Å². The number of aryl methyl sites for hydroxylation is 1. The van der Waals surface area contributed by atoms with Crippen molar-refractivity contribution in [3.05, 3.63) is 40.3 Å². The van der Waals surface area contributed by atoms with Crippen molar-refractivity contribution in [2.45, 2.75) is 26.7 Å². The third-order valence-electron chi connectivity index (χ3n) is 3.23. The maximum Gasteiger partial charge on any atom is 0.352 e. The Balaban J connectivity index is 2.45. The van der Waals surface area contributed by atoms with Crippen LogP contribution >= 0.6 is 0 Å². The van der Waals surface area contributed by atoms with Crippen LogP contribution in [0.5, 0.6) is 0 Å². The number of nitrogens with one attached hydrogen (secondary N) is 2. The highest BCUT2D eigenvalue weighted by Gasteiger charge is 2.11. The lowest BCUT2D eigenvalue weighted by molar-refractivity contribution is 0.729. The summed E-state index contributed by atoms with van der Waals surface area (Å²) in [7, 11) is 1.69. The molecule has 0 bridgehead atoms. The second-order valence-corrected chi connectivity index (χ2v) is 4.77. The molecule has 0 atom stereocenters. The molecular formula is C15H21N5O. The number of rotatable bonds is 6. The zero-order valence-corrected chi connectivity index (χ0v) is 12.7. The van der Waals surface area contributed by atoms with Gasteiger partial charge in [-0.15, -0.1) is 0 Å². The second-order valence-electron chi connectivity index (χ2n) is 4.77. The molecule has 2 aromatic rings. The lowest BCUT2D eigenvalue weighted by atomic mass is 10.0. The van der Waals surface area contributed by atoms with Gasteiger partial charge in [-0.05, 0) is 18.4 Å². The van der Waals surface area contributed by atoms with Gasteiger partial charge in [0, 0.05) is 19.2 Å². The van der Waals surface area contributed by atoms with Crippen molar-refractivity contribution in [3.8, 4) is 11.4 Å². The number of hydrazine groups is 1. The maximum atomic E-state index is 12.0. The first-order valence-corrected chi connectivity index (χ1v) is 7.19. The molecule has 0 aliphatic rings. The van der Waals surface area contributed by atoms with Gasteiger partial charge in [0.05, 0.1) is 0 Å². The summed E-state index contributed by atoms with van der Waals surface area (Å²) in [6.07, 6.45) is 1.86. The van der Waals surface area contributed by atoms with Gasteiger partial charge in [-0.1, -0.05) is 38.1 Å². The monoisotopic (exact) mass is 287 g/mol. The Labute approximate surface area is 124 Å². The molecule has 1 aromatic heterocycles. The van der Waals surface area contributed by atoms with Crippen LogP contribution in [0.3, 0.4) is 0 Å². The Morgan fingerprint density at radius 3 is 2.67 bits per heavy atom. The van der Waals surface area contributed by atoms with Crippen molar-refractivity contribution in [1.82, 2.24) is 20.0 Å². The summed E-state index contributed by atoms with van der Waals surface area (Å²) in [4.78, 5) is 20.4. The van der Waals surface area contributed by atoms with E-state index in [9.17, 15) is 4.79 Å². The van der Waals surface area contributed by atoms with Crippen molar-refractivity contribution in [2.75, 3.05) is 12.0 Å². The van der Waals surface area contributed by atoms with Crippen LogP contribution in [0.2, 0.25) is 0 Å². The van der Waals surface area contributed by atoms with Gasteiger partial charge in [0.25, 0.3) is 0 Å². The third-order valence-corrected chi connectivity index (χ3v) is 3.23. The minimum Gasteiger partial charge on any atom is -0.289 e. The molecule has 0 fully saturated rings. The molecule has 112 valence electrons. The smallest absolute Gasteiger partial charge is 0.289 e. The average molecular weight is 287 g/mol.